The molecular formula is C9H18ClNO3. The number of halogens is 1. The highest BCUT2D eigenvalue weighted by Crippen LogP contribution is 2.20. The number of hydrogen-bond donors (Lipinski definition) is 2. The van der Waals surface area contributed by atoms with Gasteiger partial charge in [-0.1, -0.05) is 0 Å². The van der Waals surface area contributed by atoms with Crippen molar-refractivity contribution in [1.29, 1.82) is 0 Å². The Kier molecular flexibility index (Phi) is 6.08. The number of aliphatic hydroxyl groups is 2. The first kappa shape index (κ1) is 13.7. The summed E-state index contributed by atoms with van der Waals surface area (Å²) in [6, 6.07) is 0. The lowest BCUT2D eigenvalue weighted by atomic mass is 9.94. The Hall–Kier alpha value is -0.320. The number of rotatable bonds is 6. The molecule has 0 rings (SSSR count). The predicted octanol–water partition coefficient (Wildman–Crippen LogP) is 0.0646. The molecule has 0 atom stereocenters. The minimum absolute atomic E-state index is 0.107. The van der Waals surface area contributed by atoms with E-state index in [2.05, 4.69) is 0 Å². The van der Waals surface area contributed by atoms with Gasteiger partial charge in [-0.15, -0.1) is 11.6 Å². The summed E-state index contributed by atoms with van der Waals surface area (Å²) in [6.45, 7) is 3.74. The summed E-state index contributed by atoms with van der Waals surface area (Å²) in [6.07, 6.45) is 0. The molecule has 0 aliphatic carbocycles. The van der Waals surface area contributed by atoms with Crippen molar-refractivity contribution in [3.05, 3.63) is 0 Å². The summed E-state index contributed by atoms with van der Waals surface area (Å²) in [7, 11) is 0. The summed E-state index contributed by atoms with van der Waals surface area (Å²) >= 11 is 5.66. The van der Waals surface area contributed by atoms with Crippen LogP contribution < -0.4 is 0 Å². The maximum atomic E-state index is 11.8. The Morgan fingerprint density at radius 3 is 2.00 bits per heavy atom. The second kappa shape index (κ2) is 6.22. The van der Waals surface area contributed by atoms with Gasteiger partial charge in [-0.05, 0) is 13.8 Å². The molecule has 0 unspecified atom stereocenters. The Balaban J connectivity index is 4.41. The molecule has 0 saturated carbocycles. The van der Waals surface area contributed by atoms with Crippen molar-refractivity contribution in [1.82, 2.24) is 4.90 Å². The normalized spacial score (nSPS) is 11.5. The van der Waals surface area contributed by atoms with Crippen LogP contribution in [0.2, 0.25) is 0 Å². The first-order valence-corrected chi connectivity index (χ1v) is 5.10. The highest BCUT2D eigenvalue weighted by Gasteiger charge is 2.30. The van der Waals surface area contributed by atoms with Crippen molar-refractivity contribution in [2.24, 2.45) is 5.41 Å². The van der Waals surface area contributed by atoms with Crippen LogP contribution in [0.5, 0.6) is 0 Å². The van der Waals surface area contributed by atoms with Crippen LogP contribution in [0.15, 0.2) is 0 Å². The number of aliphatic hydroxyl groups excluding tert-OH is 2. The molecule has 1 amide bonds. The topological polar surface area (TPSA) is 60.8 Å². The fourth-order valence-corrected chi connectivity index (χ4v) is 1.16. The standard InChI is InChI=1S/C9H18ClNO3/c1-9(2,7-10)8(14)11(3-5-12)4-6-13/h12-13H,3-7H2,1-2H3. The first-order valence-electron chi connectivity index (χ1n) is 4.56. The van der Waals surface area contributed by atoms with E-state index < -0.39 is 5.41 Å². The van der Waals surface area contributed by atoms with Crippen molar-refractivity contribution in [2.45, 2.75) is 13.8 Å². The molecule has 0 aromatic carbocycles. The number of amides is 1. The number of carbonyl (C=O) groups is 1. The van der Waals surface area contributed by atoms with E-state index in [-0.39, 0.29) is 38.1 Å². The molecule has 0 aliphatic rings. The van der Waals surface area contributed by atoms with Crippen molar-refractivity contribution >= 4 is 17.5 Å². The zero-order chi connectivity index (χ0) is 11.2. The summed E-state index contributed by atoms with van der Waals surface area (Å²) in [5.41, 5.74) is -0.647. The van der Waals surface area contributed by atoms with Crippen LogP contribution in [0, 0.1) is 5.41 Å². The Morgan fingerprint density at radius 2 is 1.71 bits per heavy atom. The number of alkyl halides is 1. The molecular weight excluding hydrogens is 206 g/mol. The molecule has 0 bridgehead atoms. The van der Waals surface area contributed by atoms with E-state index in [1.54, 1.807) is 13.8 Å². The fourth-order valence-electron chi connectivity index (χ4n) is 1.04. The zero-order valence-electron chi connectivity index (χ0n) is 8.66. The van der Waals surface area contributed by atoms with E-state index in [1.165, 1.54) is 4.90 Å². The minimum atomic E-state index is -0.647. The average molecular weight is 224 g/mol. The summed E-state index contributed by atoms with van der Waals surface area (Å²) in [5, 5.41) is 17.5. The van der Waals surface area contributed by atoms with E-state index in [4.69, 9.17) is 21.8 Å². The average Bonchev–Trinajstić information content (AvgIpc) is 2.16. The van der Waals surface area contributed by atoms with Crippen LogP contribution in [0.4, 0.5) is 0 Å². The van der Waals surface area contributed by atoms with Gasteiger partial charge in [-0.2, -0.15) is 0 Å². The van der Waals surface area contributed by atoms with Gasteiger partial charge in [0, 0.05) is 19.0 Å². The third-order valence-electron chi connectivity index (χ3n) is 1.94. The van der Waals surface area contributed by atoms with Gasteiger partial charge in [-0.3, -0.25) is 4.79 Å². The van der Waals surface area contributed by atoms with Crippen LogP contribution >= 0.6 is 11.6 Å². The molecule has 0 aliphatic heterocycles. The predicted molar refractivity (Wildman–Crippen MR) is 55.3 cm³/mol. The Bertz CT molecular complexity index is 179. The molecule has 0 heterocycles. The maximum absolute atomic E-state index is 11.8. The lowest BCUT2D eigenvalue weighted by Gasteiger charge is -2.29. The minimum Gasteiger partial charge on any atom is -0.395 e. The van der Waals surface area contributed by atoms with Crippen molar-refractivity contribution in [3.63, 3.8) is 0 Å². The van der Waals surface area contributed by atoms with Gasteiger partial charge in [0.05, 0.1) is 18.6 Å². The van der Waals surface area contributed by atoms with Gasteiger partial charge >= 0.3 is 0 Å². The van der Waals surface area contributed by atoms with Gasteiger partial charge in [0.15, 0.2) is 0 Å². The second-order valence-electron chi connectivity index (χ2n) is 3.76. The lowest BCUT2D eigenvalue weighted by Crippen LogP contribution is -2.44. The third kappa shape index (κ3) is 3.82. The summed E-state index contributed by atoms with van der Waals surface area (Å²) in [4.78, 5) is 13.2. The van der Waals surface area contributed by atoms with Gasteiger partial charge in [0.25, 0.3) is 0 Å². The smallest absolute Gasteiger partial charge is 0.229 e. The van der Waals surface area contributed by atoms with E-state index in [0.29, 0.717) is 0 Å². The van der Waals surface area contributed by atoms with Crippen molar-refractivity contribution in [2.75, 3.05) is 32.2 Å². The SMILES string of the molecule is CC(C)(CCl)C(=O)N(CCO)CCO. The van der Waals surface area contributed by atoms with Crippen LogP contribution in [0.1, 0.15) is 13.8 Å². The van der Waals surface area contributed by atoms with Crippen molar-refractivity contribution < 1.29 is 15.0 Å². The lowest BCUT2D eigenvalue weighted by molar-refractivity contribution is -0.140. The zero-order valence-corrected chi connectivity index (χ0v) is 9.42. The third-order valence-corrected chi connectivity index (χ3v) is 2.61. The molecule has 84 valence electrons. The maximum Gasteiger partial charge on any atom is 0.229 e. The largest absolute Gasteiger partial charge is 0.395 e. The van der Waals surface area contributed by atoms with E-state index in [9.17, 15) is 4.79 Å². The summed E-state index contributed by atoms with van der Waals surface area (Å²) < 4.78 is 0. The number of hydrogen-bond acceptors (Lipinski definition) is 3. The monoisotopic (exact) mass is 223 g/mol. The molecule has 2 N–H and O–H groups in total. The van der Waals surface area contributed by atoms with Gasteiger partial charge in [0.1, 0.15) is 0 Å². The fraction of sp³-hybridized carbons (Fsp3) is 0.889. The molecule has 0 radical (unpaired) electrons. The quantitative estimate of drug-likeness (QED) is 0.627. The molecule has 4 nitrogen and oxygen atoms in total. The van der Waals surface area contributed by atoms with Gasteiger partial charge in [0.2, 0.25) is 5.91 Å². The van der Waals surface area contributed by atoms with E-state index in [1.807, 2.05) is 0 Å². The molecule has 0 spiro atoms. The highest BCUT2D eigenvalue weighted by molar-refractivity contribution is 6.19. The van der Waals surface area contributed by atoms with Gasteiger partial charge in [-0.25, -0.2) is 0 Å². The Labute approximate surface area is 89.5 Å². The van der Waals surface area contributed by atoms with E-state index in [0.717, 1.165) is 0 Å². The molecule has 0 fully saturated rings. The first-order chi connectivity index (χ1) is 6.49. The van der Waals surface area contributed by atoms with Crippen LogP contribution in [-0.2, 0) is 4.79 Å². The van der Waals surface area contributed by atoms with Crippen molar-refractivity contribution in [3.8, 4) is 0 Å². The van der Waals surface area contributed by atoms with Crippen LogP contribution in [-0.4, -0.2) is 53.2 Å². The number of carbonyl (C=O) groups excluding carboxylic acids is 1. The number of nitrogens with zero attached hydrogens (tertiary/aromatic N) is 1. The molecule has 0 saturated heterocycles. The molecule has 14 heavy (non-hydrogen) atoms. The summed E-state index contributed by atoms with van der Waals surface area (Å²) in [5.74, 6) is 0.0785. The van der Waals surface area contributed by atoms with Gasteiger partial charge < -0.3 is 15.1 Å². The van der Waals surface area contributed by atoms with E-state index >= 15 is 0 Å². The van der Waals surface area contributed by atoms with Crippen LogP contribution in [0.25, 0.3) is 0 Å². The Morgan fingerprint density at radius 1 is 1.29 bits per heavy atom. The molecule has 0 aromatic heterocycles. The second-order valence-corrected chi connectivity index (χ2v) is 4.02. The molecule has 0 aromatic rings. The highest BCUT2D eigenvalue weighted by atomic mass is 35.5. The molecule has 5 heteroatoms. The van der Waals surface area contributed by atoms with Crippen LogP contribution in [0.3, 0.4) is 0 Å².